The highest BCUT2D eigenvalue weighted by Crippen LogP contribution is 2.39. The molecule has 0 fully saturated rings. The Morgan fingerprint density at radius 1 is 0.642 bits per heavy atom. The van der Waals surface area contributed by atoms with Gasteiger partial charge in [-0.3, -0.25) is 0 Å². The molecule has 4 aliphatic rings. The van der Waals surface area contributed by atoms with Crippen LogP contribution in [0.2, 0.25) is 0 Å². The van der Waals surface area contributed by atoms with E-state index in [4.69, 9.17) is 15.2 Å². The van der Waals surface area contributed by atoms with Crippen LogP contribution in [0.5, 0.6) is 0 Å². The van der Waals surface area contributed by atoms with E-state index >= 15 is 0 Å². The lowest BCUT2D eigenvalue weighted by atomic mass is 9.99. The number of methoxy groups -OCH3 is 2. The molecule has 0 saturated carbocycles. The summed E-state index contributed by atoms with van der Waals surface area (Å²) in [4.78, 5) is 60.6. The Hall–Kier alpha value is -4.85. The molecule has 0 heterocycles. The number of esters is 2. The number of rotatable bonds is 9. The molecule has 2 aromatic rings. The first kappa shape index (κ1) is 39.4. The van der Waals surface area contributed by atoms with Gasteiger partial charge >= 0.3 is 30.1 Å². The van der Waals surface area contributed by atoms with Gasteiger partial charge in [0.05, 0.1) is 20.8 Å². The van der Waals surface area contributed by atoms with Crippen LogP contribution in [-0.2, 0) is 75.2 Å². The molecule has 288 valence electrons. The van der Waals surface area contributed by atoms with Gasteiger partial charge < -0.3 is 46.5 Å². The molecular formula is C39H54N6O8. The van der Waals surface area contributed by atoms with Gasteiger partial charge in [-0.15, -0.1) is 0 Å². The minimum absolute atomic E-state index is 0.00506. The number of anilines is 2. The smallest absolute Gasteiger partial charge is 0.407 e. The summed E-state index contributed by atoms with van der Waals surface area (Å²) in [6.07, 6.45) is 11.8. The minimum atomic E-state index is -1.03. The van der Waals surface area contributed by atoms with Gasteiger partial charge in [0.25, 0.3) is 0 Å². The van der Waals surface area contributed by atoms with Gasteiger partial charge in [-0.05, 0) is 142 Å². The lowest BCUT2D eigenvalue weighted by Crippen LogP contribution is -2.50. The van der Waals surface area contributed by atoms with E-state index in [1.807, 2.05) is 0 Å². The third-order valence-corrected chi connectivity index (χ3v) is 10.1. The molecule has 0 bridgehead atoms. The van der Waals surface area contributed by atoms with Crippen molar-refractivity contribution in [1.82, 2.24) is 16.0 Å². The molecule has 0 radical (unpaired) electrons. The van der Waals surface area contributed by atoms with Crippen LogP contribution < -0.4 is 32.3 Å². The molecule has 0 unspecified atom stereocenters. The fourth-order valence-corrected chi connectivity index (χ4v) is 7.74. The Kier molecular flexibility index (Phi) is 12.9. The zero-order chi connectivity index (χ0) is 38.3. The van der Waals surface area contributed by atoms with Crippen molar-refractivity contribution in [3.63, 3.8) is 0 Å². The van der Waals surface area contributed by atoms with Crippen LogP contribution in [-0.4, -0.2) is 75.1 Å². The molecule has 4 aliphatic carbocycles. The van der Waals surface area contributed by atoms with Crippen molar-refractivity contribution in [3.8, 4) is 0 Å². The number of carbonyl (C=O) groups excluding carboxylic acids is 5. The maximum Gasteiger partial charge on any atom is 0.407 e. The Morgan fingerprint density at radius 2 is 1.02 bits per heavy atom. The Labute approximate surface area is 311 Å². The summed E-state index contributed by atoms with van der Waals surface area (Å²) in [6.45, 7) is 5.09. The first-order chi connectivity index (χ1) is 25.3. The number of hydrogen-bond donors (Lipinski definition) is 6. The monoisotopic (exact) mass is 734 g/mol. The summed E-state index contributed by atoms with van der Waals surface area (Å²) in [5, 5.41) is 13.7. The zero-order valence-electron chi connectivity index (χ0n) is 31.6. The van der Waals surface area contributed by atoms with Crippen LogP contribution >= 0.6 is 0 Å². The largest absolute Gasteiger partial charge is 0.467 e. The average Bonchev–Trinajstić information content (AvgIpc) is 3.95. The zero-order valence-corrected chi connectivity index (χ0v) is 31.6. The van der Waals surface area contributed by atoms with Gasteiger partial charge in [-0.2, -0.15) is 0 Å². The number of aryl methyl sites for hydroxylation is 4. The second kappa shape index (κ2) is 17.3. The van der Waals surface area contributed by atoms with Crippen LogP contribution in [0.1, 0.15) is 91.0 Å². The maximum absolute atomic E-state index is 12.7. The van der Waals surface area contributed by atoms with Gasteiger partial charge in [-0.1, -0.05) is 12.1 Å². The van der Waals surface area contributed by atoms with E-state index in [2.05, 4.69) is 43.5 Å². The molecule has 14 heteroatoms. The SMILES string of the molecule is COC(=O)[C@@H](CN)NC(=O)Nc1c2c(cc3c1CCC3)CCC2.COC(=O)[C@@H](CNC(=O)OC(C)(C)C)NC(=O)Nc1c2c(cc3c1CCC3)CCC2. The van der Waals surface area contributed by atoms with Gasteiger partial charge in [0.2, 0.25) is 0 Å². The predicted molar refractivity (Wildman–Crippen MR) is 200 cm³/mol. The Bertz CT molecular complexity index is 1670. The summed E-state index contributed by atoms with van der Waals surface area (Å²) in [5.41, 5.74) is 16.9. The van der Waals surface area contributed by atoms with Crippen LogP contribution in [0.15, 0.2) is 12.1 Å². The molecule has 6 rings (SSSR count). The number of hydrogen-bond acceptors (Lipinski definition) is 9. The third kappa shape index (κ3) is 9.78. The van der Waals surface area contributed by atoms with E-state index < -0.39 is 47.8 Å². The van der Waals surface area contributed by atoms with Gasteiger partial charge in [-0.25, -0.2) is 24.0 Å². The van der Waals surface area contributed by atoms with Crippen LogP contribution in [0.25, 0.3) is 0 Å². The Balaban J connectivity index is 0.000000211. The van der Waals surface area contributed by atoms with Crippen molar-refractivity contribution in [1.29, 1.82) is 0 Å². The maximum atomic E-state index is 12.7. The first-order valence-corrected chi connectivity index (χ1v) is 18.6. The summed E-state index contributed by atoms with van der Waals surface area (Å²) in [5.74, 6) is -1.18. The number of fused-ring (bicyclic) bond motifs is 4. The molecular weight excluding hydrogens is 680 g/mol. The van der Waals surface area contributed by atoms with Gasteiger partial charge in [0.15, 0.2) is 0 Å². The second-order valence-corrected chi connectivity index (χ2v) is 14.9. The lowest BCUT2D eigenvalue weighted by Gasteiger charge is -2.22. The number of benzene rings is 2. The first-order valence-electron chi connectivity index (χ1n) is 18.6. The van der Waals surface area contributed by atoms with Crippen molar-refractivity contribution in [2.45, 2.75) is 116 Å². The highest BCUT2D eigenvalue weighted by Gasteiger charge is 2.29. The van der Waals surface area contributed by atoms with E-state index in [0.717, 1.165) is 88.4 Å². The second-order valence-electron chi connectivity index (χ2n) is 14.9. The third-order valence-electron chi connectivity index (χ3n) is 10.1. The summed E-state index contributed by atoms with van der Waals surface area (Å²) in [7, 11) is 2.51. The van der Waals surface area contributed by atoms with E-state index in [1.165, 1.54) is 58.7 Å². The van der Waals surface area contributed by atoms with Crippen molar-refractivity contribution in [3.05, 3.63) is 56.6 Å². The number of amides is 5. The molecule has 0 saturated heterocycles. The number of urea groups is 2. The molecule has 7 N–H and O–H groups in total. The van der Waals surface area contributed by atoms with Crippen LogP contribution in [0, 0.1) is 0 Å². The van der Waals surface area contributed by atoms with E-state index in [-0.39, 0.29) is 13.1 Å². The minimum Gasteiger partial charge on any atom is -0.467 e. The fraction of sp³-hybridized carbons (Fsp3) is 0.564. The number of nitrogens with two attached hydrogens (primary N) is 1. The number of ether oxygens (including phenoxy) is 3. The molecule has 2 atom stereocenters. The topological polar surface area (TPSA) is 199 Å². The molecule has 2 aromatic carbocycles. The molecule has 0 aliphatic heterocycles. The molecule has 53 heavy (non-hydrogen) atoms. The standard InChI is InChI=1S/C22H31N3O5.C17H23N3O3/c1-22(2,3)30-21(28)23-12-17(19(26)29-4)24-20(27)25-18-15-9-5-7-13(15)11-14-8-6-10-16(14)18;1-23-16(21)14(9-18)19-17(22)20-15-12-6-2-4-10(12)8-11-5-3-7-13(11)15/h11,17H,5-10,12H2,1-4H3,(H,23,28)(H2,24,25,27);8,14H,2-7,9,18H2,1H3,(H2,19,20,22)/t17-;14-/m11/s1. The number of nitrogens with one attached hydrogen (secondary N) is 5. The summed E-state index contributed by atoms with van der Waals surface area (Å²) >= 11 is 0. The highest BCUT2D eigenvalue weighted by atomic mass is 16.6. The summed E-state index contributed by atoms with van der Waals surface area (Å²) < 4.78 is 14.6. The predicted octanol–water partition coefficient (Wildman–Crippen LogP) is 4.14. The lowest BCUT2D eigenvalue weighted by molar-refractivity contribution is -0.143. The molecule has 0 aromatic heterocycles. The number of carbonyl (C=O) groups is 5. The number of alkyl carbamates (subject to hydrolysis) is 1. The van der Waals surface area contributed by atoms with E-state index in [9.17, 15) is 24.0 Å². The van der Waals surface area contributed by atoms with Gasteiger partial charge in [0.1, 0.15) is 17.7 Å². The molecule has 5 amide bonds. The van der Waals surface area contributed by atoms with Crippen molar-refractivity contribution < 1.29 is 38.2 Å². The van der Waals surface area contributed by atoms with Crippen LogP contribution in [0.4, 0.5) is 25.8 Å². The summed E-state index contributed by atoms with van der Waals surface area (Å²) in [6, 6.07) is 1.84. The molecule has 0 spiro atoms. The molecule has 14 nitrogen and oxygen atoms in total. The van der Waals surface area contributed by atoms with E-state index in [1.54, 1.807) is 20.8 Å². The van der Waals surface area contributed by atoms with Crippen molar-refractivity contribution in [2.24, 2.45) is 5.73 Å². The highest BCUT2D eigenvalue weighted by molar-refractivity contribution is 5.95. The van der Waals surface area contributed by atoms with Gasteiger partial charge in [0, 0.05) is 17.9 Å². The normalized spacial score (nSPS) is 16.0. The Morgan fingerprint density at radius 3 is 1.38 bits per heavy atom. The van der Waals surface area contributed by atoms with Crippen molar-refractivity contribution >= 4 is 41.5 Å². The van der Waals surface area contributed by atoms with Crippen LogP contribution in [0.3, 0.4) is 0 Å². The average molecular weight is 735 g/mol. The van der Waals surface area contributed by atoms with E-state index in [0.29, 0.717) is 0 Å². The fourth-order valence-electron chi connectivity index (χ4n) is 7.74. The quantitative estimate of drug-likeness (QED) is 0.162. The van der Waals surface area contributed by atoms with Crippen molar-refractivity contribution in [2.75, 3.05) is 37.9 Å².